The van der Waals surface area contributed by atoms with Crippen molar-refractivity contribution in [3.8, 4) is 5.75 Å². The molecule has 0 aromatic heterocycles. The zero-order valence-corrected chi connectivity index (χ0v) is 14.9. The number of hydrogen-bond donors (Lipinski definition) is 2. The maximum Gasteiger partial charge on any atom is 0.387 e. The molecule has 0 spiro atoms. The fraction of sp³-hybridized carbons (Fsp3) is 0.190. The van der Waals surface area contributed by atoms with Gasteiger partial charge in [0.1, 0.15) is 11.8 Å². The summed E-state index contributed by atoms with van der Waals surface area (Å²) in [6.45, 7) is -0.554. The van der Waals surface area contributed by atoms with Gasteiger partial charge in [-0.15, -0.1) is 0 Å². The largest absolute Gasteiger partial charge is 0.435 e. The van der Waals surface area contributed by atoms with Crippen molar-refractivity contribution in [1.82, 2.24) is 0 Å². The van der Waals surface area contributed by atoms with E-state index < -0.39 is 6.61 Å². The third-order valence-electron chi connectivity index (χ3n) is 4.33. The van der Waals surface area contributed by atoms with Gasteiger partial charge in [-0.25, -0.2) is 0 Å². The second-order valence-electron chi connectivity index (χ2n) is 6.25. The molecule has 3 aromatic carbocycles. The molecule has 0 saturated carbocycles. The Hall–Kier alpha value is -2.99. The predicted molar refractivity (Wildman–Crippen MR) is 101 cm³/mol. The minimum Gasteiger partial charge on any atom is -0.435 e. The average Bonchev–Trinajstić information content (AvgIpc) is 2.67. The van der Waals surface area contributed by atoms with E-state index in [2.05, 4.69) is 41.2 Å². The molecular weight excluding hydrogens is 350 g/mol. The maximum absolute atomic E-state index is 12.2. The highest BCUT2D eigenvalue weighted by Crippen LogP contribution is 2.22. The number of halogens is 2. The fourth-order valence-electron chi connectivity index (χ4n) is 2.99. The number of nitrogens with one attached hydrogen (secondary N) is 1. The summed E-state index contributed by atoms with van der Waals surface area (Å²) < 4.78 is 28.6. The Labute approximate surface area is 156 Å². The van der Waals surface area contributed by atoms with Crippen LogP contribution in [0.25, 0.3) is 10.8 Å². The van der Waals surface area contributed by atoms with Crippen molar-refractivity contribution in [2.45, 2.75) is 19.6 Å². The third-order valence-corrected chi connectivity index (χ3v) is 4.33. The van der Waals surface area contributed by atoms with Crippen molar-refractivity contribution in [2.75, 3.05) is 11.9 Å². The maximum atomic E-state index is 12.2. The zero-order valence-electron chi connectivity index (χ0n) is 14.9. The van der Waals surface area contributed by atoms with Gasteiger partial charge in [-0.1, -0.05) is 42.5 Å². The second-order valence-corrected chi connectivity index (χ2v) is 6.25. The lowest BCUT2D eigenvalue weighted by atomic mass is 10.00. The molecule has 0 aliphatic rings. The first-order valence-electron chi connectivity index (χ1n) is 8.68. The summed E-state index contributed by atoms with van der Waals surface area (Å²) >= 11 is 0. The van der Waals surface area contributed by atoms with E-state index in [9.17, 15) is 13.6 Å². The Bertz CT molecular complexity index is 908. The Morgan fingerprint density at radius 3 is 2.48 bits per heavy atom. The van der Waals surface area contributed by atoms with Gasteiger partial charge in [-0.2, -0.15) is 8.78 Å². The van der Waals surface area contributed by atoms with Crippen molar-refractivity contribution >= 4 is 22.4 Å². The van der Waals surface area contributed by atoms with E-state index in [4.69, 9.17) is 0 Å². The van der Waals surface area contributed by atoms with Gasteiger partial charge >= 0.3 is 6.61 Å². The monoisotopic (exact) mass is 371 g/mol. The molecule has 1 atom stereocenters. The van der Waals surface area contributed by atoms with Crippen LogP contribution in [0.3, 0.4) is 0 Å². The van der Waals surface area contributed by atoms with Gasteiger partial charge in [0.25, 0.3) is 5.91 Å². The van der Waals surface area contributed by atoms with Crippen LogP contribution in [-0.2, 0) is 4.79 Å². The normalized spacial score (nSPS) is 12.1. The van der Waals surface area contributed by atoms with E-state index in [1.165, 1.54) is 40.6 Å². The number of amides is 1. The van der Waals surface area contributed by atoms with Gasteiger partial charge < -0.3 is 15.4 Å². The number of carbonyl (C=O) groups excluding carboxylic acids is 1. The summed E-state index contributed by atoms with van der Waals surface area (Å²) in [5.74, 6) is -0.108. The van der Waals surface area contributed by atoms with Crippen molar-refractivity contribution in [3.63, 3.8) is 0 Å². The Kier molecular flexibility index (Phi) is 5.98. The van der Waals surface area contributed by atoms with E-state index in [1.807, 2.05) is 23.5 Å². The molecule has 3 aromatic rings. The lowest BCUT2D eigenvalue weighted by molar-refractivity contribution is -0.682. The Balaban J connectivity index is 1.57. The number of nitrogens with two attached hydrogens (primary N) is 1. The first-order chi connectivity index (χ1) is 13.0. The molecule has 3 N–H and O–H groups in total. The zero-order chi connectivity index (χ0) is 19.2. The molecule has 0 aliphatic heterocycles. The Morgan fingerprint density at radius 1 is 1.04 bits per heavy atom. The summed E-state index contributed by atoms with van der Waals surface area (Å²) in [6.07, 6.45) is 0. The molecule has 0 saturated heterocycles. The number of hydrogen-bond acceptors (Lipinski definition) is 2. The average molecular weight is 371 g/mol. The van der Waals surface area contributed by atoms with Gasteiger partial charge in [0.2, 0.25) is 0 Å². The van der Waals surface area contributed by atoms with Gasteiger partial charge in [0.15, 0.2) is 6.54 Å². The van der Waals surface area contributed by atoms with Crippen LogP contribution in [0.4, 0.5) is 14.5 Å². The summed E-state index contributed by atoms with van der Waals surface area (Å²) in [7, 11) is 0. The van der Waals surface area contributed by atoms with Crippen LogP contribution in [-0.4, -0.2) is 19.1 Å². The van der Waals surface area contributed by atoms with Crippen molar-refractivity contribution in [2.24, 2.45) is 0 Å². The van der Waals surface area contributed by atoms with E-state index in [1.54, 1.807) is 0 Å². The molecule has 4 nitrogen and oxygen atoms in total. The van der Waals surface area contributed by atoms with Crippen molar-refractivity contribution in [1.29, 1.82) is 0 Å². The SMILES string of the molecule is C[C@H]([NH2+]CC(=O)Nc1ccc(OC(F)F)cc1)c1cccc2ccccc12. The molecular formula is C21H21F2N2O2+. The Morgan fingerprint density at radius 2 is 1.74 bits per heavy atom. The van der Waals surface area contributed by atoms with Crippen LogP contribution < -0.4 is 15.4 Å². The number of carbonyl (C=O) groups is 1. The van der Waals surface area contributed by atoms with Crippen LogP contribution >= 0.6 is 0 Å². The highest BCUT2D eigenvalue weighted by Gasteiger charge is 2.14. The molecule has 6 heteroatoms. The van der Waals surface area contributed by atoms with Crippen LogP contribution in [0, 0.1) is 0 Å². The van der Waals surface area contributed by atoms with Gasteiger partial charge in [-0.3, -0.25) is 4.79 Å². The summed E-state index contributed by atoms with van der Waals surface area (Å²) in [6, 6.07) is 20.3. The molecule has 0 fully saturated rings. The molecule has 0 bridgehead atoms. The van der Waals surface area contributed by atoms with Gasteiger partial charge in [0.05, 0.1) is 0 Å². The fourth-order valence-corrected chi connectivity index (χ4v) is 2.99. The van der Waals surface area contributed by atoms with E-state index in [0.29, 0.717) is 5.69 Å². The molecule has 0 radical (unpaired) electrons. The smallest absolute Gasteiger partial charge is 0.387 e. The standard InChI is InChI=1S/C21H20F2N2O2/c1-14(18-8-4-6-15-5-2-3-7-19(15)18)24-13-20(26)25-16-9-11-17(12-10-16)27-21(22)23/h2-12,14,21,24H,13H2,1H3,(H,25,26)/p+1/t14-/m0/s1. The molecule has 0 heterocycles. The summed E-state index contributed by atoms with van der Waals surface area (Å²) in [4.78, 5) is 12.2. The topological polar surface area (TPSA) is 54.9 Å². The number of anilines is 1. The van der Waals surface area contributed by atoms with Crippen LogP contribution in [0.1, 0.15) is 18.5 Å². The van der Waals surface area contributed by atoms with Gasteiger partial charge in [0, 0.05) is 11.3 Å². The van der Waals surface area contributed by atoms with Crippen LogP contribution in [0.15, 0.2) is 66.7 Å². The molecule has 0 aliphatic carbocycles. The number of fused-ring (bicyclic) bond motifs is 1. The van der Waals surface area contributed by atoms with E-state index in [0.717, 1.165) is 0 Å². The molecule has 0 unspecified atom stereocenters. The van der Waals surface area contributed by atoms with E-state index >= 15 is 0 Å². The number of alkyl halides is 2. The van der Waals surface area contributed by atoms with Crippen LogP contribution in [0.5, 0.6) is 5.75 Å². The number of benzene rings is 3. The highest BCUT2D eigenvalue weighted by atomic mass is 19.3. The molecule has 3 rings (SSSR count). The summed E-state index contributed by atoms with van der Waals surface area (Å²) in [5, 5.41) is 7.07. The second kappa shape index (κ2) is 8.60. The minimum atomic E-state index is -2.87. The molecule has 1 amide bonds. The predicted octanol–water partition coefficient (Wildman–Crippen LogP) is 3.70. The quantitative estimate of drug-likeness (QED) is 0.665. The number of rotatable bonds is 7. The van der Waals surface area contributed by atoms with Crippen molar-refractivity contribution in [3.05, 3.63) is 72.3 Å². The first kappa shape index (κ1) is 18.8. The first-order valence-corrected chi connectivity index (χ1v) is 8.68. The molecule has 27 heavy (non-hydrogen) atoms. The molecule has 140 valence electrons. The summed E-state index contributed by atoms with van der Waals surface area (Å²) in [5.41, 5.74) is 1.71. The number of ether oxygens (including phenoxy) is 1. The minimum absolute atomic E-state index is 0.0548. The number of quaternary nitrogens is 1. The van der Waals surface area contributed by atoms with Gasteiger partial charge in [-0.05, 0) is 42.0 Å². The highest BCUT2D eigenvalue weighted by molar-refractivity contribution is 5.91. The lowest BCUT2D eigenvalue weighted by Crippen LogP contribution is -2.86. The van der Waals surface area contributed by atoms with Crippen LogP contribution in [0.2, 0.25) is 0 Å². The van der Waals surface area contributed by atoms with E-state index in [-0.39, 0.29) is 24.2 Å². The van der Waals surface area contributed by atoms with Crippen molar-refractivity contribution < 1.29 is 23.6 Å². The lowest BCUT2D eigenvalue weighted by Gasteiger charge is -2.14. The third kappa shape index (κ3) is 5.01.